The van der Waals surface area contributed by atoms with Crippen LogP contribution in [0.2, 0.25) is 0 Å². The summed E-state index contributed by atoms with van der Waals surface area (Å²) in [4.78, 5) is 11.2. The van der Waals surface area contributed by atoms with Gasteiger partial charge in [-0.25, -0.2) is 0 Å². The van der Waals surface area contributed by atoms with Gasteiger partial charge in [0.25, 0.3) is 0 Å². The van der Waals surface area contributed by atoms with E-state index in [2.05, 4.69) is 0 Å². The maximum atomic E-state index is 11.2. The Bertz CT molecular complexity index is 533. The number of methoxy groups -OCH3 is 1. The highest BCUT2D eigenvalue weighted by atomic mass is 16.7. The number of fused-ring (bicyclic) bond motifs is 2. The molecule has 2 fully saturated rings. The summed E-state index contributed by atoms with van der Waals surface area (Å²) in [5.74, 6) is -0.354. The fourth-order valence-electron chi connectivity index (χ4n) is 3.09. The van der Waals surface area contributed by atoms with Gasteiger partial charge >= 0.3 is 5.97 Å². The molecule has 6 nitrogen and oxygen atoms in total. The van der Waals surface area contributed by atoms with Crippen molar-refractivity contribution in [3.63, 3.8) is 0 Å². The lowest BCUT2D eigenvalue weighted by atomic mass is 9.92. The third-order valence-corrected chi connectivity index (χ3v) is 4.24. The van der Waals surface area contributed by atoms with Gasteiger partial charge in [0.05, 0.1) is 19.3 Å². The molecule has 0 radical (unpaired) electrons. The number of carbonyl (C=O) groups is 1. The lowest BCUT2D eigenvalue weighted by molar-refractivity contribution is -0.268. The lowest BCUT2D eigenvalue weighted by Gasteiger charge is -2.41. The number of carbonyl (C=O) groups excluding carboxylic acids is 1. The van der Waals surface area contributed by atoms with Gasteiger partial charge < -0.3 is 23.7 Å². The first kappa shape index (κ1) is 16.4. The fourth-order valence-corrected chi connectivity index (χ4v) is 3.09. The lowest BCUT2D eigenvalue weighted by Crippen LogP contribution is -2.57. The molecule has 2 saturated heterocycles. The molecule has 0 spiro atoms. The summed E-state index contributed by atoms with van der Waals surface area (Å²) in [5.41, 5.74) is 0.257. The molecule has 0 aliphatic carbocycles. The minimum atomic E-state index is -0.815. The maximum absolute atomic E-state index is 11.2. The Morgan fingerprint density at radius 1 is 1.35 bits per heavy atom. The van der Waals surface area contributed by atoms with Crippen LogP contribution in [0.1, 0.15) is 18.9 Å². The SMILES string of the molecule is CO[C@@H]1CC2OC[C@](COC(C)=O)(O1)[C@H]2OCc1ccccc1. The topological polar surface area (TPSA) is 63.2 Å². The minimum Gasteiger partial charge on any atom is -0.463 e. The van der Waals surface area contributed by atoms with E-state index in [9.17, 15) is 4.79 Å². The Morgan fingerprint density at radius 3 is 2.83 bits per heavy atom. The van der Waals surface area contributed by atoms with Crippen molar-refractivity contribution < 1.29 is 28.5 Å². The average Bonchev–Trinajstić information content (AvgIpc) is 2.77. The van der Waals surface area contributed by atoms with Crippen LogP contribution in [0, 0.1) is 0 Å². The minimum absolute atomic E-state index is 0.0954. The molecule has 2 aliphatic heterocycles. The monoisotopic (exact) mass is 322 g/mol. The van der Waals surface area contributed by atoms with E-state index in [0.29, 0.717) is 19.6 Å². The summed E-state index contributed by atoms with van der Waals surface area (Å²) in [6, 6.07) is 9.91. The summed E-state index contributed by atoms with van der Waals surface area (Å²) in [6.45, 7) is 2.25. The van der Waals surface area contributed by atoms with Crippen molar-refractivity contribution in [2.75, 3.05) is 20.3 Å². The van der Waals surface area contributed by atoms with E-state index >= 15 is 0 Å². The van der Waals surface area contributed by atoms with Gasteiger partial charge in [-0.3, -0.25) is 4.79 Å². The van der Waals surface area contributed by atoms with Crippen molar-refractivity contribution in [3.05, 3.63) is 35.9 Å². The van der Waals surface area contributed by atoms with Gasteiger partial charge in [-0.05, 0) is 5.56 Å². The molecule has 2 bridgehead atoms. The van der Waals surface area contributed by atoms with Crippen LogP contribution in [0.4, 0.5) is 0 Å². The van der Waals surface area contributed by atoms with Crippen molar-refractivity contribution in [1.82, 2.24) is 0 Å². The zero-order valence-electron chi connectivity index (χ0n) is 13.4. The number of hydrogen-bond donors (Lipinski definition) is 0. The van der Waals surface area contributed by atoms with Crippen LogP contribution in [-0.4, -0.2) is 50.4 Å². The van der Waals surface area contributed by atoms with Crippen LogP contribution < -0.4 is 0 Å². The molecule has 1 unspecified atom stereocenters. The van der Waals surface area contributed by atoms with Crippen molar-refractivity contribution in [2.24, 2.45) is 0 Å². The van der Waals surface area contributed by atoms with E-state index < -0.39 is 5.60 Å². The van der Waals surface area contributed by atoms with Gasteiger partial charge in [-0.15, -0.1) is 0 Å². The molecule has 6 heteroatoms. The van der Waals surface area contributed by atoms with Gasteiger partial charge in [-0.2, -0.15) is 0 Å². The molecule has 23 heavy (non-hydrogen) atoms. The standard InChI is InChI=1S/C17H22O6/c1-12(18)21-10-17-11-22-14(8-15(19-2)23-17)16(17)20-9-13-6-4-3-5-7-13/h3-7,14-16H,8-11H2,1-2H3/t14?,15-,16-,17-/m0/s1. The molecule has 0 N–H and O–H groups in total. The summed E-state index contributed by atoms with van der Waals surface area (Å²) in [5, 5.41) is 0. The zero-order valence-corrected chi connectivity index (χ0v) is 13.4. The van der Waals surface area contributed by atoms with E-state index in [1.165, 1.54) is 6.92 Å². The number of rotatable bonds is 6. The quantitative estimate of drug-likeness (QED) is 0.742. The molecule has 2 aliphatic rings. The summed E-state index contributed by atoms with van der Waals surface area (Å²) in [6.07, 6.45) is -0.214. The molecule has 1 aromatic rings. The molecule has 2 heterocycles. The summed E-state index contributed by atoms with van der Waals surface area (Å²) >= 11 is 0. The van der Waals surface area contributed by atoms with Crippen molar-refractivity contribution in [3.8, 4) is 0 Å². The maximum Gasteiger partial charge on any atom is 0.302 e. The second kappa shape index (κ2) is 6.97. The zero-order chi connectivity index (χ0) is 16.3. The van der Waals surface area contributed by atoms with Crippen LogP contribution in [0.3, 0.4) is 0 Å². The number of benzene rings is 1. The second-order valence-electron chi connectivity index (χ2n) is 5.93. The van der Waals surface area contributed by atoms with Gasteiger partial charge in [0.15, 0.2) is 11.9 Å². The Kier molecular flexibility index (Phi) is 4.96. The van der Waals surface area contributed by atoms with Gasteiger partial charge in [-0.1, -0.05) is 30.3 Å². The average molecular weight is 322 g/mol. The Balaban J connectivity index is 1.72. The molecular formula is C17H22O6. The molecule has 0 amide bonds. The van der Waals surface area contributed by atoms with Gasteiger partial charge in [0.1, 0.15) is 12.7 Å². The third kappa shape index (κ3) is 3.55. The highest BCUT2D eigenvalue weighted by molar-refractivity contribution is 5.66. The van der Waals surface area contributed by atoms with Crippen LogP contribution in [0.5, 0.6) is 0 Å². The Hall–Kier alpha value is -1.47. The van der Waals surface area contributed by atoms with Crippen molar-refractivity contribution >= 4 is 5.97 Å². The Morgan fingerprint density at radius 2 is 2.13 bits per heavy atom. The highest BCUT2D eigenvalue weighted by Crippen LogP contribution is 2.40. The molecule has 1 aromatic carbocycles. The van der Waals surface area contributed by atoms with E-state index in [1.54, 1.807) is 7.11 Å². The number of hydrogen-bond acceptors (Lipinski definition) is 6. The van der Waals surface area contributed by atoms with Crippen LogP contribution in [-0.2, 0) is 35.1 Å². The Labute approximate surface area is 135 Å². The van der Waals surface area contributed by atoms with Gasteiger partial charge in [0, 0.05) is 20.5 Å². The predicted octanol–water partition coefficient (Wildman–Crippen LogP) is 1.67. The van der Waals surface area contributed by atoms with Crippen LogP contribution >= 0.6 is 0 Å². The van der Waals surface area contributed by atoms with Crippen LogP contribution in [0.15, 0.2) is 30.3 Å². The first-order valence-corrected chi connectivity index (χ1v) is 7.74. The molecule has 0 aromatic heterocycles. The predicted molar refractivity (Wildman–Crippen MR) is 80.6 cm³/mol. The first-order valence-electron chi connectivity index (χ1n) is 7.74. The second-order valence-corrected chi connectivity index (χ2v) is 5.93. The smallest absolute Gasteiger partial charge is 0.302 e. The van der Waals surface area contributed by atoms with Crippen LogP contribution in [0.25, 0.3) is 0 Å². The van der Waals surface area contributed by atoms with E-state index in [4.69, 9.17) is 23.7 Å². The number of ether oxygens (including phenoxy) is 5. The van der Waals surface area contributed by atoms with E-state index in [-0.39, 0.29) is 31.1 Å². The van der Waals surface area contributed by atoms with E-state index in [1.807, 2.05) is 30.3 Å². The first-order chi connectivity index (χ1) is 11.1. The van der Waals surface area contributed by atoms with Gasteiger partial charge in [0.2, 0.25) is 0 Å². The molecule has 126 valence electrons. The molecular weight excluding hydrogens is 300 g/mol. The normalized spacial score (nSPS) is 32.7. The largest absolute Gasteiger partial charge is 0.463 e. The number of esters is 1. The molecule has 3 rings (SSSR count). The van der Waals surface area contributed by atoms with Crippen molar-refractivity contribution in [1.29, 1.82) is 0 Å². The molecule has 4 atom stereocenters. The van der Waals surface area contributed by atoms with E-state index in [0.717, 1.165) is 5.56 Å². The fraction of sp³-hybridized carbons (Fsp3) is 0.588. The third-order valence-electron chi connectivity index (χ3n) is 4.24. The molecule has 0 saturated carbocycles. The summed E-state index contributed by atoms with van der Waals surface area (Å²) < 4.78 is 28.4. The summed E-state index contributed by atoms with van der Waals surface area (Å²) in [7, 11) is 1.59. The highest BCUT2D eigenvalue weighted by Gasteiger charge is 2.58. The van der Waals surface area contributed by atoms with Crippen molar-refractivity contribution in [2.45, 2.75) is 44.1 Å².